The van der Waals surface area contributed by atoms with Crippen LogP contribution in [-0.2, 0) is 28.6 Å². The highest BCUT2D eigenvalue weighted by Gasteiger charge is 2.19. The zero-order valence-corrected chi connectivity index (χ0v) is 41.3. The molecule has 6 heteroatoms. The van der Waals surface area contributed by atoms with Crippen molar-refractivity contribution < 1.29 is 28.6 Å². The van der Waals surface area contributed by atoms with Gasteiger partial charge in [0.2, 0.25) is 0 Å². The molecule has 0 aliphatic heterocycles. The van der Waals surface area contributed by atoms with E-state index >= 15 is 0 Å². The van der Waals surface area contributed by atoms with Gasteiger partial charge in [0, 0.05) is 19.3 Å². The number of carbonyl (C=O) groups excluding carboxylic acids is 3. The Morgan fingerprint density at radius 2 is 0.619 bits per heavy atom. The molecule has 0 aromatic heterocycles. The predicted molar refractivity (Wildman–Crippen MR) is 270 cm³/mol. The van der Waals surface area contributed by atoms with Gasteiger partial charge < -0.3 is 14.2 Å². The van der Waals surface area contributed by atoms with Gasteiger partial charge in [0.05, 0.1) is 0 Å². The third kappa shape index (κ3) is 49.7. The number of hydrogen-bond donors (Lipinski definition) is 0. The van der Waals surface area contributed by atoms with Crippen molar-refractivity contribution in [3.63, 3.8) is 0 Å². The summed E-state index contributed by atoms with van der Waals surface area (Å²) in [6.07, 6.45) is 64.5. The van der Waals surface area contributed by atoms with Crippen LogP contribution in [0.5, 0.6) is 0 Å². The fourth-order valence-corrected chi connectivity index (χ4v) is 7.29. The summed E-state index contributed by atoms with van der Waals surface area (Å²) >= 11 is 0. The summed E-state index contributed by atoms with van der Waals surface area (Å²) in [5.74, 6) is -0.901. The first-order chi connectivity index (χ1) is 31.0. The van der Waals surface area contributed by atoms with Crippen LogP contribution in [0.2, 0.25) is 0 Å². The van der Waals surface area contributed by atoms with Gasteiger partial charge in [-0.3, -0.25) is 14.4 Å². The van der Waals surface area contributed by atoms with Gasteiger partial charge in [-0.2, -0.15) is 0 Å². The van der Waals surface area contributed by atoms with Gasteiger partial charge in [0.15, 0.2) is 6.10 Å². The Morgan fingerprint density at radius 1 is 0.333 bits per heavy atom. The fourth-order valence-electron chi connectivity index (χ4n) is 7.29. The van der Waals surface area contributed by atoms with Gasteiger partial charge in [0.25, 0.3) is 0 Å². The predicted octanol–water partition coefficient (Wildman–Crippen LogP) is 17.4. The molecule has 0 aliphatic rings. The Balaban J connectivity index is 4.38. The quantitative estimate of drug-likeness (QED) is 0.0262. The average molecular weight is 879 g/mol. The van der Waals surface area contributed by atoms with Crippen molar-refractivity contribution in [1.29, 1.82) is 0 Å². The molecule has 0 aliphatic carbocycles. The minimum Gasteiger partial charge on any atom is -0.462 e. The standard InChI is InChI=1S/C57H98O6/c1-4-7-10-13-16-19-22-25-27-28-29-30-31-33-35-38-41-44-47-50-56(59)62-53-54(52-61-55(58)49-46-43-40-37-34-24-21-18-15-12-9-6-3)63-57(60)51-48-45-42-39-36-32-26-23-20-17-14-11-8-5-2/h7-8,10-11,16-17,19-20,25,27,29-30,54H,4-6,9,12-15,18,21-24,26,28,31-53H2,1-3H3/b10-7-,11-8-,19-16-,20-17-,27-25-,30-29-. The molecule has 0 heterocycles. The van der Waals surface area contributed by atoms with Crippen LogP contribution in [0.1, 0.15) is 252 Å². The molecule has 63 heavy (non-hydrogen) atoms. The number of ether oxygens (including phenoxy) is 3. The van der Waals surface area contributed by atoms with Gasteiger partial charge in [-0.25, -0.2) is 0 Å². The molecule has 0 aromatic carbocycles. The second kappa shape index (κ2) is 51.5. The van der Waals surface area contributed by atoms with Gasteiger partial charge in [0.1, 0.15) is 13.2 Å². The maximum absolute atomic E-state index is 12.8. The first-order valence-electron chi connectivity index (χ1n) is 26.4. The van der Waals surface area contributed by atoms with Crippen LogP contribution in [0, 0.1) is 0 Å². The minimum atomic E-state index is -0.783. The molecule has 0 rings (SSSR count). The number of hydrogen-bond acceptors (Lipinski definition) is 6. The van der Waals surface area contributed by atoms with E-state index in [4.69, 9.17) is 14.2 Å². The van der Waals surface area contributed by atoms with Gasteiger partial charge in [-0.05, 0) is 83.5 Å². The molecule has 362 valence electrons. The second-order valence-electron chi connectivity index (χ2n) is 17.4. The molecule has 6 nitrogen and oxygen atoms in total. The molecular formula is C57H98O6. The number of allylic oxidation sites excluding steroid dienone is 12. The minimum absolute atomic E-state index is 0.0817. The first kappa shape index (κ1) is 59.9. The van der Waals surface area contributed by atoms with Crippen LogP contribution in [0.25, 0.3) is 0 Å². The Morgan fingerprint density at radius 3 is 0.968 bits per heavy atom. The Kier molecular flexibility index (Phi) is 48.9. The van der Waals surface area contributed by atoms with E-state index in [1.165, 1.54) is 103 Å². The third-order valence-electron chi connectivity index (χ3n) is 11.2. The molecule has 1 unspecified atom stereocenters. The van der Waals surface area contributed by atoms with E-state index in [1.807, 2.05) is 0 Å². The van der Waals surface area contributed by atoms with E-state index < -0.39 is 6.10 Å². The molecule has 0 fully saturated rings. The van der Waals surface area contributed by atoms with Crippen molar-refractivity contribution in [3.05, 3.63) is 72.9 Å². The van der Waals surface area contributed by atoms with Crippen LogP contribution in [0.3, 0.4) is 0 Å². The maximum atomic E-state index is 12.8. The van der Waals surface area contributed by atoms with Crippen LogP contribution in [0.15, 0.2) is 72.9 Å². The zero-order valence-electron chi connectivity index (χ0n) is 41.3. The largest absolute Gasteiger partial charge is 0.462 e. The number of rotatable bonds is 47. The first-order valence-corrected chi connectivity index (χ1v) is 26.4. The summed E-state index contributed by atoms with van der Waals surface area (Å²) in [5, 5.41) is 0. The lowest BCUT2D eigenvalue weighted by atomic mass is 10.0. The van der Waals surface area contributed by atoms with Crippen LogP contribution in [-0.4, -0.2) is 37.2 Å². The van der Waals surface area contributed by atoms with E-state index in [-0.39, 0.29) is 31.1 Å². The zero-order chi connectivity index (χ0) is 45.8. The average Bonchev–Trinajstić information content (AvgIpc) is 3.28. The van der Waals surface area contributed by atoms with E-state index in [2.05, 4.69) is 93.7 Å². The van der Waals surface area contributed by atoms with Crippen LogP contribution in [0.4, 0.5) is 0 Å². The molecule has 0 saturated carbocycles. The highest BCUT2D eigenvalue weighted by molar-refractivity contribution is 5.71. The molecule has 0 amide bonds. The molecule has 0 spiro atoms. The van der Waals surface area contributed by atoms with E-state index in [0.29, 0.717) is 19.3 Å². The Bertz CT molecular complexity index is 1190. The summed E-state index contributed by atoms with van der Waals surface area (Å²) in [7, 11) is 0. The summed E-state index contributed by atoms with van der Waals surface area (Å²) < 4.78 is 16.8. The van der Waals surface area contributed by atoms with Crippen molar-refractivity contribution in [2.24, 2.45) is 0 Å². The van der Waals surface area contributed by atoms with Gasteiger partial charge in [-0.15, -0.1) is 0 Å². The number of carbonyl (C=O) groups is 3. The molecule has 0 radical (unpaired) electrons. The highest BCUT2D eigenvalue weighted by atomic mass is 16.6. The lowest BCUT2D eigenvalue weighted by molar-refractivity contribution is -0.167. The second-order valence-corrected chi connectivity index (χ2v) is 17.4. The molecule has 0 N–H and O–H groups in total. The van der Waals surface area contributed by atoms with E-state index in [1.54, 1.807) is 0 Å². The summed E-state index contributed by atoms with van der Waals surface area (Å²) in [4.78, 5) is 38.0. The highest BCUT2D eigenvalue weighted by Crippen LogP contribution is 2.15. The lowest BCUT2D eigenvalue weighted by Gasteiger charge is -2.18. The molecule has 0 bridgehead atoms. The third-order valence-corrected chi connectivity index (χ3v) is 11.2. The topological polar surface area (TPSA) is 78.9 Å². The Hall–Kier alpha value is -3.15. The molecule has 1 atom stereocenters. The van der Waals surface area contributed by atoms with Gasteiger partial charge in [-0.1, -0.05) is 222 Å². The van der Waals surface area contributed by atoms with E-state index in [9.17, 15) is 14.4 Å². The molecular weight excluding hydrogens is 781 g/mol. The maximum Gasteiger partial charge on any atom is 0.306 e. The molecule has 0 aromatic rings. The SMILES string of the molecule is CC/C=C\C/C=C\C/C=C\C/C=C\CCCCCCCCC(=O)OCC(COC(=O)CCCCCCCCCCCCCC)OC(=O)CCCCCCCCC/C=C\C/C=C\CC. The monoisotopic (exact) mass is 879 g/mol. The van der Waals surface area contributed by atoms with Crippen LogP contribution >= 0.6 is 0 Å². The molecule has 0 saturated heterocycles. The summed E-state index contributed by atoms with van der Waals surface area (Å²) in [6, 6.07) is 0. The van der Waals surface area contributed by atoms with Crippen LogP contribution < -0.4 is 0 Å². The van der Waals surface area contributed by atoms with Crippen molar-refractivity contribution in [1.82, 2.24) is 0 Å². The van der Waals surface area contributed by atoms with Crippen molar-refractivity contribution >= 4 is 17.9 Å². The fraction of sp³-hybridized carbons (Fsp3) is 0.737. The summed E-state index contributed by atoms with van der Waals surface area (Å²) in [5.41, 5.74) is 0. The van der Waals surface area contributed by atoms with Crippen molar-refractivity contribution in [2.45, 2.75) is 258 Å². The van der Waals surface area contributed by atoms with Crippen molar-refractivity contribution in [3.8, 4) is 0 Å². The normalized spacial score (nSPS) is 12.6. The summed E-state index contributed by atoms with van der Waals surface area (Å²) in [6.45, 7) is 6.41. The smallest absolute Gasteiger partial charge is 0.306 e. The Labute approximate surface area is 389 Å². The number of unbranched alkanes of at least 4 members (excludes halogenated alkanes) is 24. The van der Waals surface area contributed by atoms with E-state index in [0.717, 1.165) is 109 Å². The number of esters is 3. The van der Waals surface area contributed by atoms with Gasteiger partial charge >= 0.3 is 17.9 Å². The van der Waals surface area contributed by atoms with Crippen molar-refractivity contribution in [2.75, 3.05) is 13.2 Å². The lowest BCUT2D eigenvalue weighted by Crippen LogP contribution is -2.30.